The van der Waals surface area contributed by atoms with Crippen LogP contribution in [0.3, 0.4) is 0 Å². The van der Waals surface area contributed by atoms with Crippen LogP contribution >= 0.6 is 11.6 Å². The maximum absolute atomic E-state index is 13.5. The van der Waals surface area contributed by atoms with Crippen molar-refractivity contribution in [2.24, 2.45) is 0 Å². The maximum Gasteiger partial charge on any atom is 0.250 e. The van der Waals surface area contributed by atoms with E-state index in [4.69, 9.17) is 11.6 Å². The summed E-state index contributed by atoms with van der Waals surface area (Å²) in [5.74, 6) is -0.609. The zero-order chi connectivity index (χ0) is 24.5. The molecule has 0 fully saturated rings. The van der Waals surface area contributed by atoms with Crippen LogP contribution in [0.5, 0.6) is 0 Å². The summed E-state index contributed by atoms with van der Waals surface area (Å²) in [5.41, 5.74) is 6.44. The minimum atomic E-state index is -0.445. The lowest BCUT2D eigenvalue weighted by molar-refractivity contribution is -0.118. The first-order valence-electron chi connectivity index (χ1n) is 11.7. The summed E-state index contributed by atoms with van der Waals surface area (Å²) >= 11 is 6.12. The molecule has 3 aromatic rings. The summed E-state index contributed by atoms with van der Waals surface area (Å²) in [4.78, 5) is 26.5. The summed E-state index contributed by atoms with van der Waals surface area (Å²) < 4.78 is 1.68. The monoisotopic (exact) mass is 487 g/mol. The lowest BCUT2D eigenvalue weighted by Gasteiger charge is -2.34. The number of rotatable bonds is 5. The normalized spacial score (nSPS) is 17.8. The summed E-state index contributed by atoms with van der Waals surface area (Å²) in [5, 5.41) is 15.3. The number of allylic oxidation sites excluding steroid dienone is 3. The average molecular weight is 488 g/mol. The van der Waals surface area contributed by atoms with Crippen LogP contribution in [0, 0.1) is 6.92 Å². The lowest BCUT2D eigenvalue weighted by Crippen LogP contribution is -2.37. The number of halogens is 1. The molecule has 0 saturated carbocycles. The molecule has 2 N–H and O–H groups in total. The van der Waals surface area contributed by atoms with E-state index in [0.717, 1.165) is 41.1 Å². The Kier molecular flexibility index (Phi) is 6.26. The molecule has 0 radical (unpaired) electrons. The maximum atomic E-state index is 13.5. The molecule has 1 aliphatic carbocycles. The van der Waals surface area contributed by atoms with E-state index < -0.39 is 5.92 Å². The van der Waals surface area contributed by atoms with Crippen molar-refractivity contribution in [1.29, 1.82) is 0 Å². The first-order valence-corrected chi connectivity index (χ1v) is 12.0. The zero-order valence-corrected chi connectivity index (χ0v) is 20.4. The van der Waals surface area contributed by atoms with Crippen molar-refractivity contribution in [2.45, 2.75) is 45.6 Å². The molecular formula is C27H26ClN5O2. The van der Waals surface area contributed by atoms with Gasteiger partial charge in [-0.2, -0.15) is 0 Å². The second kappa shape index (κ2) is 9.50. The Morgan fingerprint density at radius 3 is 2.60 bits per heavy atom. The number of hydrogen-bond donors (Lipinski definition) is 2. The zero-order valence-electron chi connectivity index (χ0n) is 19.6. The largest absolute Gasteiger partial charge is 0.362 e. The standard InChI is InChI=1S/C27H26ClN5O2/c1-16-6-12-21(13-7-16)33-15-20(31-32-33)14-29-27(35)24-17(2)30-22-4-3-5-23(34)26(22)25(24)18-8-10-19(28)11-9-18/h6-13,15,25,30H,3-5,14H2,1-2H3,(H,29,35). The van der Waals surface area contributed by atoms with Gasteiger partial charge in [0.05, 0.1) is 18.4 Å². The molecule has 7 nitrogen and oxygen atoms in total. The van der Waals surface area contributed by atoms with Gasteiger partial charge in [0.25, 0.3) is 0 Å². The fraction of sp³-hybridized carbons (Fsp3) is 0.259. The van der Waals surface area contributed by atoms with Crippen molar-refractivity contribution in [1.82, 2.24) is 25.6 Å². The molecule has 2 heterocycles. The molecule has 0 saturated heterocycles. The highest BCUT2D eigenvalue weighted by molar-refractivity contribution is 6.30. The van der Waals surface area contributed by atoms with E-state index in [9.17, 15) is 9.59 Å². The number of nitrogens with one attached hydrogen (secondary N) is 2. The van der Waals surface area contributed by atoms with Crippen molar-refractivity contribution < 1.29 is 9.59 Å². The Labute approximate surface area is 208 Å². The first kappa shape index (κ1) is 23.1. The van der Waals surface area contributed by atoms with E-state index in [2.05, 4.69) is 20.9 Å². The second-order valence-corrected chi connectivity index (χ2v) is 9.43. The number of carbonyl (C=O) groups excluding carboxylic acids is 2. The number of ketones is 1. The van der Waals surface area contributed by atoms with Gasteiger partial charge in [-0.1, -0.05) is 46.6 Å². The molecule has 1 aromatic heterocycles. The van der Waals surface area contributed by atoms with Crippen LogP contribution < -0.4 is 10.6 Å². The molecule has 35 heavy (non-hydrogen) atoms. The number of Topliss-reactive ketones (excluding diaryl/α,β-unsaturated/α-hetero) is 1. The Bertz CT molecular complexity index is 1350. The number of dihydropyridines is 1. The smallest absolute Gasteiger partial charge is 0.250 e. The van der Waals surface area contributed by atoms with Gasteiger partial charge < -0.3 is 10.6 Å². The third-order valence-corrected chi connectivity index (χ3v) is 6.75. The minimum absolute atomic E-state index is 0.0811. The predicted molar refractivity (Wildman–Crippen MR) is 134 cm³/mol. The molecule has 1 unspecified atom stereocenters. The van der Waals surface area contributed by atoms with Gasteiger partial charge in [-0.15, -0.1) is 5.10 Å². The molecule has 1 aliphatic heterocycles. The Hall–Kier alpha value is -3.71. The highest BCUT2D eigenvalue weighted by atomic mass is 35.5. The Balaban J connectivity index is 1.40. The van der Waals surface area contributed by atoms with E-state index in [1.54, 1.807) is 23.0 Å². The van der Waals surface area contributed by atoms with Gasteiger partial charge in [-0.3, -0.25) is 9.59 Å². The van der Waals surface area contributed by atoms with Crippen LogP contribution in [0.2, 0.25) is 5.02 Å². The summed E-state index contributed by atoms with van der Waals surface area (Å²) in [6, 6.07) is 15.3. The van der Waals surface area contributed by atoms with E-state index in [1.807, 2.05) is 50.2 Å². The van der Waals surface area contributed by atoms with Crippen LogP contribution in [0.15, 0.2) is 77.3 Å². The van der Waals surface area contributed by atoms with Gasteiger partial charge in [0.15, 0.2) is 5.78 Å². The lowest BCUT2D eigenvalue weighted by atomic mass is 9.75. The van der Waals surface area contributed by atoms with Crippen LogP contribution in [-0.4, -0.2) is 26.7 Å². The molecule has 2 aliphatic rings. The topological polar surface area (TPSA) is 88.9 Å². The number of amides is 1. The van der Waals surface area contributed by atoms with Gasteiger partial charge in [-0.05, 0) is 56.5 Å². The van der Waals surface area contributed by atoms with Crippen molar-refractivity contribution >= 4 is 23.3 Å². The fourth-order valence-corrected chi connectivity index (χ4v) is 4.87. The molecule has 0 spiro atoms. The Morgan fingerprint density at radius 1 is 1.11 bits per heavy atom. The number of nitrogens with zero attached hydrogens (tertiary/aromatic N) is 3. The van der Waals surface area contributed by atoms with Crippen LogP contribution in [0.25, 0.3) is 5.69 Å². The van der Waals surface area contributed by atoms with E-state index >= 15 is 0 Å². The third-order valence-electron chi connectivity index (χ3n) is 6.49. The van der Waals surface area contributed by atoms with Crippen molar-refractivity contribution in [3.63, 3.8) is 0 Å². The SMILES string of the molecule is CC1=C(C(=O)NCc2cn(-c3ccc(C)cc3)nn2)C(c2ccc(Cl)cc2)C2=C(CCCC2=O)N1. The minimum Gasteiger partial charge on any atom is -0.362 e. The number of hydrogen-bond acceptors (Lipinski definition) is 5. The van der Waals surface area contributed by atoms with Crippen molar-refractivity contribution in [2.75, 3.05) is 0 Å². The second-order valence-electron chi connectivity index (χ2n) is 8.99. The van der Waals surface area contributed by atoms with Gasteiger partial charge >= 0.3 is 0 Å². The number of carbonyl (C=O) groups is 2. The molecule has 1 atom stereocenters. The fourth-order valence-electron chi connectivity index (χ4n) is 4.74. The van der Waals surface area contributed by atoms with E-state index in [-0.39, 0.29) is 18.2 Å². The molecule has 8 heteroatoms. The van der Waals surface area contributed by atoms with Crippen LogP contribution in [0.1, 0.15) is 48.9 Å². The number of aryl methyl sites for hydroxylation is 1. The van der Waals surface area contributed by atoms with Gasteiger partial charge in [0, 0.05) is 39.9 Å². The summed E-state index contributed by atoms with van der Waals surface area (Å²) in [6.45, 7) is 4.13. The van der Waals surface area contributed by atoms with E-state index in [0.29, 0.717) is 28.3 Å². The van der Waals surface area contributed by atoms with Crippen LogP contribution in [0.4, 0.5) is 0 Å². The average Bonchev–Trinajstić information content (AvgIpc) is 3.32. The van der Waals surface area contributed by atoms with E-state index in [1.165, 1.54) is 0 Å². The van der Waals surface area contributed by atoms with Gasteiger partial charge in [0.1, 0.15) is 5.69 Å². The highest BCUT2D eigenvalue weighted by Crippen LogP contribution is 2.42. The Morgan fingerprint density at radius 2 is 1.86 bits per heavy atom. The molecule has 2 aromatic carbocycles. The molecule has 5 rings (SSSR count). The molecule has 0 bridgehead atoms. The van der Waals surface area contributed by atoms with Gasteiger partial charge in [-0.25, -0.2) is 4.68 Å². The predicted octanol–water partition coefficient (Wildman–Crippen LogP) is 4.51. The number of aromatic nitrogens is 3. The van der Waals surface area contributed by atoms with Gasteiger partial charge in [0.2, 0.25) is 5.91 Å². The van der Waals surface area contributed by atoms with Crippen molar-refractivity contribution in [3.05, 3.63) is 99.1 Å². The highest BCUT2D eigenvalue weighted by Gasteiger charge is 2.38. The third kappa shape index (κ3) is 4.64. The summed E-state index contributed by atoms with van der Waals surface area (Å²) in [6.07, 6.45) is 3.89. The molecule has 1 amide bonds. The molecule has 178 valence electrons. The number of benzene rings is 2. The van der Waals surface area contributed by atoms with Crippen LogP contribution in [-0.2, 0) is 16.1 Å². The summed E-state index contributed by atoms with van der Waals surface area (Å²) in [7, 11) is 0. The van der Waals surface area contributed by atoms with Crippen molar-refractivity contribution in [3.8, 4) is 5.69 Å². The first-order chi connectivity index (χ1) is 16.9. The quantitative estimate of drug-likeness (QED) is 0.552. The molecular weight excluding hydrogens is 462 g/mol.